The zero-order valence-corrected chi connectivity index (χ0v) is 25.0. The van der Waals surface area contributed by atoms with Gasteiger partial charge in [0.25, 0.3) is 0 Å². The molecule has 0 saturated carbocycles. The van der Waals surface area contributed by atoms with Gasteiger partial charge in [0.05, 0.1) is 0 Å². The number of aryl methyl sites for hydroxylation is 1. The van der Waals surface area contributed by atoms with Gasteiger partial charge in [-0.25, -0.2) is 0 Å². The fourth-order valence-electron chi connectivity index (χ4n) is 6.55. The maximum Gasteiger partial charge on any atom is 0.224 e. The third kappa shape index (κ3) is 9.37. The minimum Gasteiger partial charge on any atom is -0.326 e. The Morgan fingerprint density at radius 3 is 2.02 bits per heavy atom. The van der Waals surface area contributed by atoms with E-state index in [4.69, 9.17) is 0 Å². The lowest BCUT2D eigenvalue weighted by atomic mass is 9.90. The van der Waals surface area contributed by atoms with E-state index in [1.54, 1.807) is 0 Å². The van der Waals surface area contributed by atoms with Crippen molar-refractivity contribution < 1.29 is 9.59 Å². The van der Waals surface area contributed by atoms with Crippen LogP contribution in [-0.2, 0) is 24.1 Å². The Kier molecular flexibility index (Phi) is 11.4. The number of anilines is 1. The van der Waals surface area contributed by atoms with Crippen LogP contribution < -0.4 is 10.6 Å². The summed E-state index contributed by atoms with van der Waals surface area (Å²) in [5.74, 6) is 1.93. The molecular formula is C37H47N3O2. The first-order chi connectivity index (χ1) is 20.6. The number of piperidine rings is 2. The molecule has 2 N–H and O–H groups in total. The molecule has 0 radical (unpaired) electrons. The minimum absolute atomic E-state index is 0.0680. The molecule has 3 aromatic carbocycles. The summed E-state index contributed by atoms with van der Waals surface area (Å²) in [7, 11) is 0. The number of amides is 1. The lowest BCUT2D eigenvalue weighted by Gasteiger charge is -2.31. The molecule has 3 aliphatic heterocycles. The second-order valence-corrected chi connectivity index (χ2v) is 12.3. The molecule has 0 aromatic heterocycles. The average molecular weight is 566 g/mol. The zero-order chi connectivity index (χ0) is 29.0. The predicted molar refractivity (Wildman–Crippen MR) is 172 cm³/mol. The summed E-state index contributed by atoms with van der Waals surface area (Å²) < 4.78 is 0. The summed E-state index contributed by atoms with van der Waals surface area (Å²) in [6, 6.07) is 27.3. The van der Waals surface area contributed by atoms with Crippen LogP contribution in [0.1, 0.15) is 72.0 Å². The SMILES string of the molecule is O=C1CCCc2cc(C(=O)CCN3CCC(Cc4ccccc4)CC3)ccc2N1.c1ccc(CC2CCNCC2)cc1. The van der Waals surface area contributed by atoms with Gasteiger partial charge in [-0.1, -0.05) is 60.7 Å². The Morgan fingerprint density at radius 2 is 1.38 bits per heavy atom. The van der Waals surface area contributed by atoms with E-state index in [0.29, 0.717) is 12.8 Å². The highest BCUT2D eigenvalue weighted by molar-refractivity contribution is 5.98. The third-order valence-electron chi connectivity index (χ3n) is 9.11. The molecule has 42 heavy (non-hydrogen) atoms. The highest BCUT2D eigenvalue weighted by Gasteiger charge is 2.21. The molecular weight excluding hydrogens is 518 g/mol. The molecule has 0 unspecified atom stereocenters. The quantitative estimate of drug-likeness (QED) is 0.298. The van der Waals surface area contributed by atoms with Gasteiger partial charge in [-0.2, -0.15) is 0 Å². The van der Waals surface area contributed by atoms with Crippen LogP contribution in [0.25, 0.3) is 0 Å². The normalized spacial score (nSPS) is 18.2. The number of ketones is 1. The third-order valence-corrected chi connectivity index (χ3v) is 9.11. The van der Waals surface area contributed by atoms with Crippen LogP contribution in [0.5, 0.6) is 0 Å². The van der Waals surface area contributed by atoms with E-state index in [1.165, 1.54) is 62.7 Å². The highest BCUT2D eigenvalue weighted by atomic mass is 16.1. The van der Waals surface area contributed by atoms with E-state index in [-0.39, 0.29) is 11.7 Å². The number of likely N-dealkylation sites (tertiary alicyclic amines) is 1. The number of carbonyl (C=O) groups is 2. The molecule has 0 spiro atoms. The van der Waals surface area contributed by atoms with E-state index in [1.807, 2.05) is 18.2 Å². The Morgan fingerprint density at radius 1 is 0.762 bits per heavy atom. The van der Waals surface area contributed by atoms with Crippen LogP contribution >= 0.6 is 0 Å². The van der Waals surface area contributed by atoms with Crippen molar-refractivity contribution in [1.82, 2.24) is 10.2 Å². The van der Waals surface area contributed by atoms with Crippen molar-refractivity contribution in [3.8, 4) is 0 Å². The van der Waals surface area contributed by atoms with E-state index >= 15 is 0 Å². The fraction of sp³-hybridized carbons (Fsp3) is 0.459. The topological polar surface area (TPSA) is 61.4 Å². The average Bonchev–Trinajstić information content (AvgIpc) is 3.22. The number of benzene rings is 3. The van der Waals surface area contributed by atoms with Crippen molar-refractivity contribution in [2.45, 2.75) is 64.2 Å². The second-order valence-electron chi connectivity index (χ2n) is 12.3. The molecule has 5 nitrogen and oxygen atoms in total. The van der Waals surface area contributed by atoms with E-state index in [2.05, 4.69) is 76.2 Å². The number of Topliss-reactive ketones (excluding diaryl/α,β-unsaturated/α-hetero) is 1. The Labute approximate surface area is 252 Å². The zero-order valence-electron chi connectivity index (χ0n) is 25.0. The summed E-state index contributed by atoms with van der Waals surface area (Å²) in [6.45, 7) is 5.42. The number of hydrogen-bond acceptors (Lipinski definition) is 4. The maximum atomic E-state index is 12.7. The Hall–Kier alpha value is -3.28. The molecule has 3 aliphatic rings. The standard InChI is InChI=1S/C25H30N2O2.C12H17N/c28-24(22-9-10-23-21(18-22)7-4-8-25(29)26-23)13-16-27-14-11-20(12-15-27)17-19-5-2-1-3-6-19;1-2-4-11(5-3-1)10-12-6-8-13-9-7-12/h1-3,5-6,9-10,18,20H,4,7-8,11-17H2,(H,26,29);1-5,12-13H,6-10H2. The minimum atomic E-state index is 0.0680. The molecule has 6 rings (SSSR count). The van der Waals surface area contributed by atoms with E-state index < -0.39 is 0 Å². The van der Waals surface area contributed by atoms with Crippen molar-refractivity contribution in [3.63, 3.8) is 0 Å². The smallest absolute Gasteiger partial charge is 0.224 e. The number of nitrogens with zero attached hydrogens (tertiary/aromatic N) is 1. The predicted octanol–water partition coefficient (Wildman–Crippen LogP) is 6.72. The van der Waals surface area contributed by atoms with Gasteiger partial charge in [-0.3, -0.25) is 9.59 Å². The molecule has 0 atom stereocenters. The van der Waals surface area contributed by atoms with Crippen LogP contribution in [-0.4, -0.2) is 49.3 Å². The Bertz CT molecular complexity index is 1260. The fourth-order valence-corrected chi connectivity index (χ4v) is 6.55. The van der Waals surface area contributed by atoms with Crippen molar-refractivity contribution in [1.29, 1.82) is 0 Å². The van der Waals surface area contributed by atoms with Gasteiger partial charge in [0, 0.05) is 30.6 Å². The molecule has 2 fully saturated rings. The van der Waals surface area contributed by atoms with Gasteiger partial charge in [-0.05, 0) is 124 Å². The van der Waals surface area contributed by atoms with E-state index in [9.17, 15) is 9.59 Å². The monoisotopic (exact) mass is 565 g/mol. The lowest BCUT2D eigenvalue weighted by molar-refractivity contribution is -0.116. The van der Waals surface area contributed by atoms with Gasteiger partial charge in [0.2, 0.25) is 5.91 Å². The van der Waals surface area contributed by atoms with Crippen LogP contribution in [0.4, 0.5) is 5.69 Å². The largest absolute Gasteiger partial charge is 0.326 e. The van der Waals surface area contributed by atoms with E-state index in [0.717, 1.165) is 61.1 Å². The van der Waals surface area contributed by atoms with Gasteiger partial charge in [0.1, 0.15) is 0 Å². The lowest BCUT2D eigenvalue weighted by Crippen LogP contribution is -2.35. The summed E-state index contributed by atoms with van der Waals surface area (Å²) in [5, 5.41) is 6.34. The molecule has 222 valence electrons. The molecule has 0 bridgehead atoms. The number of fused-ring (bicyclic) bond motifs is 1. The molecule has 5 heteroatoms. The summed E-state index contributed by atoms with van der Waals surface area (Å²) in [6.07, 6.45) is 10.3. The van der Waals surface area contributed by atoms with Crippen molar-refractivity contribution >= 4 is 17.4 Å². The van der Waals surface area contributed by atoms with Crippen LogP contribution in [0, 0.1) is 11.8 Å². The first-order valence-corrected chi connectivity index (χ1v) is 16.1. The summed E-state index contributed by atoms with van der Waals surface area (Å²) in [5.41, 5.74) is 5.65. The molecule has 1 amide bonds. The summed E-state index contributed by atoms with van der Waals surface area (Å²) in [4.78, 5) is 26.8. The van der Waals surface area contributed by atoms with Crippen molar-refractivity contribution in [2.24, 2.45) is 11.8 Å². The number of nitrogens with one attached hydrogen (secondary N) is 2. The van der Waals surface area contributed by atoms with Gasteiger partial charge in [-0.15, -0.1) is 0 Å². The van der Waals surface area contributed by atoms with Crippen LogP contribution in [0.2, 0.25) is 0 Å². The van der Waals surface area contributed by atoms with Gasteiger partial charge < -0.3 is 15.5 Å². The number of carbonyl (C=O) groups excluding carboxylic acids is 2. The maximum absolute atomic E-state index is 12.7. The van der Waals surface area contributed by atoms with Crippen molar-refractivity contribution in [2.75, 3.05) is 38.0 Å². The number of hydrogen-bond donors (Lipinski definition) is 2. The van der Waals surface area contributed by atoms with Gasteiger partial charge >= 0.3 is 0 Å². The molecule has 3 aromatic rings. The highest BCUT2D eigenvalue weighted by Crippen LogP contribution is 2.25. The first kappa shape index (κ1) is 30.2. The second kappa shape index (κ2) is 15.8. The van der Waals surface area contributed by atoms with Crippen LogP contribution in [0.15, 0.2) is 78.9 Å². The van der Waals surface area contributed by atoms with Gasteiger partial charge in [0.15, 0.2) is 5.78 Å². The molecule has 3 heterocycles. The molecule has 2 saturated heterocycles. The molecule has 0 aliphatic carbocycles. The van der Waals surface area contributed by atoms with Crippen molar-refractivity contribution in [3.05, 3.63) is 101 Å². The summed E-state index contributed by atoms with van der Waals surface area (Å²) >= 11 is 0. The Balaban J connectivity index is 0.000000226. The van der Waals surface area contributed by atoms with Crippen LogP contribution in [0.3, 0.4) is 0 Å². The first-order valence-electron chi connectivity index (χ1n) is 16.1. The number of rotatable bonds is 8.